The van der Waals surface area contributed by atoms with Gasteiger partial charge in [0.25, 0.3) is 11.8 Å². The second-order valence-corrected chi connectivity index (χ2v) is 25.2. The Balaban J connectivity index is 1.07. The molecule has 3 aliphatic rings. The van der Waals surface area contributed by atoms with Crippen LogP contribution in [-0.2, 0) is 19.1 Å². The van der Waals surface area contributed by atoms with Gasteiger partial charge in [0.15, 0.2) is 24.5 Å². The quantitative estimate of drug-likeness (QED) is 0.0362. The van der Waals surface area contributed by atoms with Crippen LogP contribution in [0, 0.1) is 34.5 Å². The summed E-state index contributed by atoms with van der Waals surface area (Å²) in [6, 6.07) is 15.0. The van der Waals surface area contributed by atoms with Crippen LogP contribution in [-0.4, -0.2) is 94.6 Å². The van der Waals surface area contributed by atoms with Crippen molar-refractivity contribution in [2.24, 2.45) is 32.3 Å². The smallest absolute Gasteiger partial charge is 0.340 e. The van der Waals surface area contributed by atoms with Crippen molar-refractivity contribution in [3.8, 4) is 12.1 Å². The molecule has 2 aliphatic heterocycles. The Kier molecular flexibility index (Phi) is 35.3. The number of amides is 2. The van der Waals surface area contributed by atoms with Crippen LogP contribution < -0.4 is 0 Å². The van der Waals surface area contributed by atoms with E-state index in [2.05, 4.69) is 46.4 Å². The van der Waals surface area contributed by atoms with Crippen LogP contribution in [0.1, 0.15) is 280 Å². The van der Waals surface area contributed by atoms with E-state index in [1.165, 1.54) is 191 Å². The number of aliphatic hydroxyl groups is 2. The monoisotopic (exact) mass is 1210 g/mol. The molecule has 2 N–H and O–H groups in total. The first-order chi connectivity index (χ1) is 42.9. The fourth-order valence-electron chi connectivity index (χ4n) is 12.7. The highest BCUT2D eigenvalue weighted by atomic mass is 16.5. The van der Waals surface area contributed by atoms with Crippen molar-refractivity contribution < 1.29 is 38.9 Å². The van der Waals surface area contributed by atoms with Crippen molar-refractivity contribution in [2.75, 3.05) is 26.3 Å². The fourth-order valence-corrected chi connectivity index (χ4v) is 12.7. The van der Waals surface area contributed by atoms with Crippen LogP contribution in [0.25, 0.3) is 0 Å². The fraction of sp³-hybridized carbons (Fsp3) is 0.694. The normalized spacial score (nSPS) is 19.9. The summed E-state index contributed by atoms with van der Waals surface area (Å²) in [6.07, 6.45) is 39.7. The molecular weight excluding hydrogens is 1100 g/mol. The van der Waals surface area contributed by atoms with Crippen LogP contribution in [0.2, 0.25) is 0 Å². The molecule has 0 bridgehead atoms. The lowest BCUT2D eigenvalue weighted by Gasteiger charge is -2.42. The predicted molar refractivity (Wildman–Crippen MR) is 347 cm³/mol. The van der Waals surface area contributed by atoms with Crippen molar-refractivity contribution >= 4 is 35.1 Å². The number of esters is 2. The first-order valence-electron chi connectivity index (χ1n) is 34.5. The molecule has 2 aromatic carbocycles. The number of unbranched alkanes of at least 4 members (excludes halogenated alkanes) is 30. The number of benzene rings is 2. The second kappa shape index (κ2) is 42.8. The van der Waals surface area contributed by atoms with Crippen molar-refractivity contribution in [3.05, 3.63) is 82.0 Å². The van der Waals surface area contributed by atoms with E-state index in [-0.39, 0.29) is 82.9 Å². The van der Waals surface area contributed by atoms with Gasteiger partial charge in [-0.2, -0.15) is 31.0 Å². The molecule has 1 fully saturated rings. The van der Waals surface area contributed by atoms with E-state index in [1.807, 2.05) is 0 Å². The van der Waals surface area contributed by atoms with Gasteiger partial charge in [-0.3, -0.25) is 9.59 Å². The van der Waals surface area contributed by atoms with Crippen molar-refractivity contribution in [1.82, 2.24) is 9.80 Å². The van der Waals surface area contributed by atoms with Gasteiger partial charge in [0.05, 0.1) is 59.0 Å². The highest BCUT2D eigenvalue weighted by Crippen LogP contribution is 2.37. The minimum Gasteiger partial charge on any atom is -0.462 e. The van der Waals surface area contributed by atoms with Gasteiger partial charge in [0.1, 0.15) is 0 Å². The Morgan fingerprint density at radius 2 is 0.784 bits per heavy atom. The molecule has 6 atom stereocenters. The zero-order chi connectivity index (χ0) is 63.1. The molecule has 88 heavy (non-hydrogen) atoms. The summed E-state index contributed by atoms with van der Waals surface area (Å²) in [5, 5.41) is 61.8. The van der Waals surface area contributed by atoms with Crippen molar-refractivity contribution in [1.29, 1.82) is 10.5 Å². The Bertz CT molecular complexity index is 2460. The molecule has 6 unspecified atom stereocenters. The molecule has 0 spiro atoms. The van der Waals surface area contributed by atoms with Gasteiger partial charge in [0, 0.05) is 24.2 Å². The van der Waals surface area contributed by atoms with Gasteiger partial charge in [0.2, 0.25) is 0 Å². The zero-order valence-corrected chi connectivity index (χ0v) is 54.3. The number of hydrogen-bond donors (Lipinski definition) is 2. The molecule has 1 saturated carbocycles. The van der Waals surface area contributed by atoms with E-state index in [0.717, 1.165) is 44.9 Å². The molecule has 16 nitrogen and oxygen atoms in total. The lowest BCUT2D eigenvalue weighted by atomic mass is 9.80. The molecule has 2 aromatic rings. The molecule has 2 heterocycles. The number of carbonyl (C=O) groups excluding carboxylic acids is 4. The average Bonchev–Trinajstić information content (AvgIpc) is 1.31. The topological polar surface area (TPSA) is 231 Å². The third-order valence-electron chi connectivity index (χ3n) is 18.1. The minimum atomic E-state index is -1.53. The number of hydrogen-bond acceptors (Lipinski definition) is 14. The molecule has 0 saturated heterocycles. The number of nitriles is 2. The molecule has 2 amide bonds. The van der Waals surface area contributed by atoms with E-state index < -0.39 is 48.3 Å². The van der Waals surface area contributed by atoms with Crippen molar-refractivity contribution in [3.63, 3.8) is 0 Å². The maximum atomic E-state index is 13.9. The first kappa shape index (κ1) is 72.6. The maximum Gasteiger partial charge on any atom is 0.340 e. The highest BCUT2D eigenvalue weighted by molar-refractivity contribution is 5.97. The zero-order valence-electron chi connectivity index (χ0n) is 54.3. The van der Waals surface area contributed by atoms with E-state index in [4.69, 9.17) is 9.47 Å². The van der Waals surface area contributed by atoms with E-state index >= 15 is 0 Å². The van der Waals surface area contributed by atoms with E-state index in [9.17, 15) is 39.9 Å². The Morgan fingerprint density at radius 1 is 0.489 bits per heavy atom. The molecule has 484 valence electrons. The lowest BCUT2D eigenvalue weighted by Crippen LogP contribution is -2.54. The summed E-state index contributed by atoms with van der Waals surface area (Å²) in [7, 11) is 0. The number of nitrogens with zero attached hydrogens (tertiary/aromatic N) is 8. The van der Waals surface area contributed by atoms with Gasteiger partial charge in [-0.25, -0.2) is 9.59 Å². The molecule has 1 aliphatic carbocycles. The Morgan fingerprint density at radius 3 is 1.09 bits per heavy atom. The van der Waals surface area contributed by atoms with E-state index in [0.29, 0.717) is 19.3 Å². The molecule has 16 heteroatoms. The van der Waals surface area contributed by atoms with Crippen LogP contribution in [0.15, 0.2) is 91.3 Å². The van der Waals surface area contributed by atoms with Gasteiger partial charge >= 0.3 is 11.9 Å². The number of azo groups is 2. The Labute approximate surface area is 528 Å². The van der Waals surface area contributed by atoms with Gasteiger partial charge in [-0.1, -0.05) is 237 Å². The predicted octanol–water partition coefficient (Wildman–Crippen LogP) is 17.9. The first-order valence-corrected chi connectivity index (χ1v) is 34.5. The minimum absolute atomic E-state index is 0.0174. The SMILES string of the molecule is CCCCCCCCCCCCCCCCCCOC(=O)c1ccccc1N=NC1C(C#N)=C(C)C(=O)N(CC2CCCC(CN3C(=O)C(C)=C(C#N)C(N=Nc4ccccc4C(=O)OCCCCCCCCCCCCCCCCCC)C3O)C2)C1O. The van der Waals surface area contributed by atoms with Crippen LogP contribution >= 0.6 is 0 Å². The average molecular weight is 1210 g/mol. The largest absolute Gasteiger partial charge is 0.462 e. The van der Waals surface area contributed by atoms with E-state index in [1.54, 1.807) is 48.5 Å². The van der Waals surface area contributed by atoms with Crippen LogP contribution in [0.3, 0.4) is 0 Å². The molecule has 0 aromatic heterocycles. The van der Waals surface area contributed by atoms with Gasteiger partial charge in [-0.15, -0.1) is 0 Å². The summed E-state index contributed by atoms with van der Waals surface area (Å²) in [4.78, 5) is 57.1. The number of carbonyl (C=O) groups is 4. The summed E-state index contributed by atoms with van der Waals surface area (Å²) < 4.78 is 11.3. The molecule has 5 rings (SSSR count). The molecule has 0 radical (unpaired) electrons. The summed E-state index contributed by atoms with van der Waals surface area (Å²) in [5.41, 5.74) is 1.07. The molecular formula is C72H108N8O8. The second-order valence-electron chi connectivity index (χ2n) is 25.2. The lowest BCUT2D eigenvalue weighted by molar-refractivity contribution is -0.142. The van der Waals surface area contributed by atoms with Crippen molar-refractivity contribution in [2.45, 2.75) is 283 Å². The highest BCUT2D eigenvalue weighted by Gasteiger charge is 2.44. The summed E-state index contributed by atoms with van der Waals surface area (Å²) in [6.45, 7) is 8.41. The number of ether oxygens (including phenoxy) is 2. The van der Waals surface area contributed by atoms with Gasteiger partial charge in [-0.05, 0) is 82.1 Å². The Hall–Kier alpha value is -6.10. The maximum absolute atomic E-state index is 13.9. The standard InChI is InChI=1S/C72H108N8O8/c1-5-7-9-11-13-15-17-19-21-23-25-27-29-31-33-39-48-87-71(85)59-44-35-37-46-63(59)75-77-65-61(51-73)55(3)67(81)79(69(65)83)53-57-42-41-43-58(50-57)54-80-68(82)56(4)62(52-74)66(70(80)84)78-76-64-47-38-36-45-60(64)72(86)88-49-40-34-32-30-28-26-24-22-20-18-16-14-12-10-8-6-2/h35-38,44-47,57-58,65-66,69-70,83-84H,5-34,39-43,48-50,53-54H2,1-4H3. The van der Waals surface area contributed by atoms with Crippen LogP contribution in [0.4, 0.5) is 11.4 Å². The van der Waals surface area contributed by atoms with Crippen LogP contribution in [0.5, 0.6) is 0 Å². The van der Waals surface area contributed by atoms with Gasteiger partial charge < -0.3 is 29.5 Å². The summed E-state index contributed by atoms with van der Waals surface area (Å²) in [5.74, 6) is -2.34. The summed E-state index contributed by atoms with van der Waals surface area (Å²) >= 11 is 0. The number of rotatable bonds is 44. The third kappa shape index (κ3) is 24.7. The number of aliphatic hydroxyl groups excluding tert-OH is 2. The third-order valence-corrected chi connectivity index (χ3v) is 18.1.